The van der Waals surface area contributed by atoms with Crippen molar-refractivity contribution >= 4 is 16.8 Å². The average Bonchev–Trinajstić information content (AvgIpc) is 2.28. The fraction of sp³-hybridized carbons (Fsp3) is 0.167. The lowest BCUT2D eigenvalue weighted by molar-refractivity contribution is -0.119. The molecule has 0 aliphatic rings. The van der Waals surface area contributed by atoms with Gasteiger partial charge in [0.05, 0.1) is 0 Å². The van der Waals surface area contributed by atoms with Crippen molar-refractivity contribution in [3.05, 3.63) is 36.0 Å². The molecule has 4 nitrogen and oxygen atoms in total. The van der Waals surface area contributed by atoms with Crippen LogP contribution in [0.15, 0.2) is 30.5 Å². The Hall–Kier alpha value is -2.10. The van der Waals surface area contributed by atoms with Crippen LogP contribution in [0.2, 0.25) is 0 Å². The van der Waals surface area contributed by atoms with Gasteiger partial charge in [-0.05, 0) is 6.07 Å². The highest BCUT2D eigenvalue weighted by Crippen LogP contribution is 2.26. The topological polar surface area (TPSA) is 62.2 Å². The summed E-state index contributed by atoms with van der Waals surface area (Å²) in [5.41, 5.74) is 1.23. The van der Waals surface area contributed by atoms with Crippen molar-refractivity contribution in [3.63, 3.8) is 0 Å². The maximum atomic E-state index is 10.8. The SMILES string of the molecule is CC(=O)NCc1ccc2cccnc2c1O. The van der Waals surface area contributed by atoms with Gasteiger partial charge in [0.15, 0.2) is 0 Å². The summed E-state index contributed by atoms with van der Waals surface area (Å²) in [5.74, 6) is 0.00682. The van der Waals surface area contributed by atoms with Gasteiger partial charge in [-0.1, -0.05) is 18.2 Å². The van der Waals surface area contributed by atoms with Crippen LogP contribution >= 0.6 is 0 Å². The zero-order valence-corrected chi connectivity index (χ0v) is 8.90. The van der Waals surface area contributed by atoms with E-state index in [-0.39, 0.29) is 11.7 Å². The van der Waals surface area contributed by atoms with Gasteiger partial charge in [0, 0.05) is 30.6 Å². The lowest BCUT2D eigenvalue weighted by Gasteiger charge is -2.07. The van der Waals surface area contributed by atoms with Gasteiger partial charge in [-0.2, -0.15) is 0 Å². The van der Waals surface area contributed by atoms with Crippen LogP contribution < -0.4 is 5.32 Å². The van der Waals surface area contributed by atoms with Crippen LogP contribution in [0.5, 0.6) is 5.75 Å². The Balaban J connectivity index is 2.40. The van der Waals surface area contributed by atoms with Crippen LogP contribution in [-0.4, -0.2) is 16.0 Å². The maximum Gasteiger partial charge on any atom is 0.217 e. The summed E-state index contributed by atoms with van der Waals surface area (Å²) < 4.78 is 0. The third-order valence-corrected chi connectivity index (χ3v) is 2.36. The first-order valence-electron chi connectivity index (χ1n) is 4.98. The Bertz CT molecular complexity index is 538. The van der Waals surface area contributed by atoms with Gasteiger partial charge >= 0.3 is 0 Å². The van der Waals surface area contributed by atoms with E-state index in [1.165, 1.54) is 6.92 Å². The highest BCUT2D eigenvalue weighted by atomic mass is 16.3. The van der Waals surface area contributed by atoms with Crippen molar-refractivity contribution in [3.8, 4) is 5.75 Å². The van der Waals surface area contributed by atoms with Gasteiger partial charge in [0.1, 0.15) is 11.3 Å². The number of carbonyl (C=O) groups excluding carboxylic acids is 1. The number of nitrogens with one attached hydrogen (secondary N) is 1. The molecule has 0 atom stereocenters. The second-order valence-electron chi connectivity index (χ2n) is 3.56. The van der Waals surface area contributed by atoms with Crippen molar-refractivity contribution in [1.29, 1.82) is 0 Å². The van der Waals surface area contributed by atoms with Crippen molar-refractivity contribution in [2.75, 3.05) is 0 Å². The highest BCUT2D eigenvalue weighted by molar-refractivity contribution is 5.85. The average molecular weight is 216 g/mol. The van der Waals surface area contributed by atoms with E-state index in [4.69, 9.17) is 0 Å². The second-order valence-corrected chi connectivity index (χ2v) is 3.56. The van der Waals surface area contributed by atoms with Gasteiger partial charge in [-0.15, -0.1) is 0 Å². The summed E-state index contributed by atoms with van der Waals surface area (Å²) in [6.07, 6.45) is 1.63. The van der Waals surface area contributed by atoms with E-state index in [0.717, 1.165) is 5.39 Å². The third-order valence-electron chi connectivity index (χ3n) is 2.36. The number of aromatic nitrogens is 1. The monoisotopic (exact) mass is 216 g/mol. The molecule has 1 aromatic carbocycles. The smallest absolute Gasteiger partial charge is 0.217 e. The zero-order chi connectivity index (χ0) is 11.5. The van der Waals surface area contributed by atoms with Crippen LogP contribution in [0, 0.1) is 0 Å². The molecule has 2 aromatic rings. The Morgan fingerprint density at radius 1 is 1.44 bits per heavy atom. The van der Waals surface area contributed by atoms with Crippen LogP contribution in [0.25, 0.3) is 10.9 Å². The second kappa shape index (κ2) is 4.18. The summed E-state index contributed by atoms with van der Waals surface area (Å²) in [4.78, 5) is 14.9. The molecular formula is C12H12N2O2. The number of pyridine rings is 1. The minimum atomic E-state index is -0.125. The minimum absolute atomic E-state index is 0.125. The molecule has 0 spiro atoms. The lowest BCUT2D eigenvalue weighted by Crippen LogP contribution is -2.18. The molecule has 0 fully saturated rings. The molecule has 0 radical (unpaired) electrons. The van der Waals surface area contributed by atoms with E-state index < -0.39 is 0 Å². The van der Waals surface area contributed by atoms with Gasteiger partial charge in [0.25, 0.3) is 0 Å². The predicted molar refractivity (Wildman–Crippen MR) is 60.9 cm³/mol. The number of rotatable bonds is 2. The molecule has 0 unspecified atom stereocenters. The Labute approximate surface area is 92.9 Å². The van der Waals surface area contributed by atoms with Gasteiger partial charge in [-0.25, -0.2) is 0 Å². The normalized spacial score (nSPS) is 10.3. The first kappa shape index (κ1) is 10.4. The predicted octanol–water partition coefficient (Wildman–Crippen LogP) is 1.58. The van der Waals surface area contributed by atoms with Crippen molar-refractivity contribution in [2.24, 2.45) is 0 Å². The van der Waals surface area contributed by atoms with E-state index >= 15 is 0 Å². The van der Waals surface area contributed by atoms with Gasteiger partial charge in [-0.3, -0.25) is 9.78 Å². The number of fused-ring (bicyclic) bond motifs is 1. The third kappa shape index (κ3) is 1.95. The number of hydrogen-bond donors (Lipinski definition) is 2. The summed E-state index contributed by atoms with van der Waals surface area (Å²) in [6.45, 7) is 1.75. The summed E-state index contributed by atoms with van der Waals surface area (Å²) >= 11 is 0. The Morgan fingerprint density at radius 3 is 3.00 bits per heavy atom. The van der Waals surface area contributed by atoms with Crippen LogP contribution in [0.1, 0.15) is 12.5 Å². The molecule has 16 heavy (non-hydrogen) atoms. The molecule has 0 bridgehead atoms. The summed E-state index contributed by atoms with van der Waals surface area (Å²) in [6, 6.07) is 7.36. The number of phenols is 1. The molecule has 0 saturated carbocycles. The Morgan fingerprint density at radius 2 is 2.25 bits per heavy atom. The number of phenolic OH excluding ortho intramolecular Hbond substituents is 1. The standard InChI is InChI=1S/C12H12N2O2/c1-8(15)14-7-10-5-4-9-3-2-6-13-11(9)12(10)16/h2-6,16H,7H2,1H3,(H,14,15). The largest absolute Gasteiger partial charge is 0.505 e. The molecule has 0 aliphatic heterocycles. The maximum absolute atomic E-state index is 10.8. The molecule has 1 amide bonds. The summed E-state index contributed by atoms with van der Waals surface area (Å²) in [7, 11) is 0. The molecule has 1 heterocycles. The van der Waals surface area contributed by atoms with E-state index in [9.17, 15) is 9.90 Å². The van der Waals surface area contributed by atoms with E-state index in [1.54, 1.807) is 12.3 Å². The first-order chi connectivity index (χ1) is 7.68. The van der Waals surface area contributed by atoms with Gasteiger partial charge in [0.2, 0.25) is 5.91 Å². The Kier molecular flexibility index (Phi) is 2.72. The van der Waals surface area contributed by atoms with Crippen LogP contribution in [0.4, 0.5) is 0 Å². The number of carbonyl (C=O) groups is 1. The quantitative estimate of drug-likeness (QED) is 0.801. The summed E-state index contributed by atoms with van der Waals surface area (Å²) in [5, 5.41) is 13.5. The van der Waals surface area contributed by atoms with Crippen molar-refractivity contribution < 1.29 is 9.90 Å². The number of benzene rings is 1. The van der Waals surface area contributed by atoms with Crippen LogP contribution in [-0.2, 0) is 11.3 Å². The molecule has 0 aliphatic carbocycles. The first-order valence-corrected chi connectivity index (χ1v) is 4.98. The zero-order valence-electron chi connectivity index (χ0n) is 8.90. The number of hydrogen-bond acceptors (Lipinski definition) is 3. The number of nitrogens with zero attached hydrogens (tertiary/aromatic N) is 1. The van der Waals surface area contributed by atoms with Gasteiger partial charge < -0.3 is 10.4 Å². The van der Waals surface area contributed by atoms with Crippen LogP contribution in [0.3, 0.4) is 0 Å². The van der Waals surface area contributed by atoms with Crippen molar-refractivity contribution in [1.82, 2.24) is 10.3 Å². The molecule has 2 N–H and O–H groups in total. The molecular weight excluding hydrogens is 204 g/mol. The fourth-order valence-corrected chi connectivity index (χ4v) is 1.53. The van der Waals surface area contributed by atoms with E-state index in [0.29, 0.717) is 17.6 Å². The molecule has 4 heteroatoms. The fourth-order valence-electron chi connectivity index (χ4n) is 1.53. The molecule has 1 aromatic heterocycles. The number of amides is 1. The minimum Gasteiger partial charge on any atom is -0.505 e. The number of aromatic hydroxyl groups is 1. The molecule has 82 valence electrons. The van der Waals surface area contributed by atoms with E-state index in [2.05, 4.69) is 10.3 Å². The lowest BCUT2D eigenvalue weighted by atomic mass is 10.1. The molecule has 0 saturated heterocycles. The molecule has 2 rings (SSSR count). The van der Waals surface area contributed by atoms with Crippen molar-refractivity contribution in [2.45, 2.75) is 13.5 Å². The highest BCUT2D eigenvalue weighted by Gasteiger charge is 2.07. The van der Waals surface area contributed by atoms with E-state index in [1.807, 2.05) is 18.2 Å².